The van der Waals surface area contributed by atoms with Gasteiger partial charge in [0.15, 0.2) is 0 Å². The first-order chi connectivity index (χ1) is 3.83. The zero-order valence-electron chi connectivity index (χ0n) is 5.00. The van der Waals surface area contributed by atoms with Crippen molar-refractivity contribution in [3.8, 4) is 0 Å². The normalized spacial score (nSPS) is 31.5. The maximum Gasteiger partial charge on any atom is 0.0288 e. The van der Waals surface area contributed by atoms with Crippen LogP contribution < -0.4 is 0 Å². The Labute approximate surface area is 59.6 Å². The average molecular weight is 149 g/mol. The highest BCUT2D eigenvalue weighted by Crippen LogP contribution is 2.23. The van der Waals surface area contributed by atoms with E-state index in [9.17, 15) is 0 Å². The Balaban J connectivity index is 2.22. The van der Waals surface area contributed by atoms with Crippen molar-refractivity contribution < 1.29 is 0 Å². The average Bonchev–Trinajstić information content (AvgIpc) is 2.14. The van der Waals surface area contributed by atoms with Gasteiger partial charge in [0.2, 0.25) is 0 Å². The molecule has 1 saturated heterocycles. The second kappa shape index (κ2) is 2.99. The Morgan fingerprint density at radius 1 is 1.75 bits per heavy atom. The van der Waals surface area contributed by atoms with E-state index in [1.54, 1.807) is 10.8 Å². The number of hydrogen-bond donors (Lipinski definition) is 1. The lowest BCUT2D eigenvalue weighted by Crippen LogP contribution is -2.14. The summed E-state index contributed by atoms with van der Waals surface area (Å²) in [5.74, 6) is 0. The fourth-order valence-corrected chi connectivity index (χ4v) is 2.03. The molecular weight excluding hydrogens is 138 g/mol. The Hall–Kier alpha value is 0.660. The summed E-state index contributed by atoms with van der Waals surface area (Å²) in [6.07, 6.45) is 1.31. The molecule has 1 rings (SSSR count). The molecule has 3 heteroatoms. The highest BCUT2D eigenvalue weighted by molar-refractivity contribution is 8.68. The molecule has 0 N–H and O–H groups in total. The number of thiol groups is 1. The molecule has 0 bridgehead atoms. The molecule has 8 heavy (non-hydrogen) atoms. The quantitative estimate of drug-likeness (QED) is 0.442. The monoisotopic (exact) mass is 149 g/mol. The second-order valence-electron chi connectivity index (χ2n) is 2.28. The fraction of sp³-hybridized carbons (Fsp3) is 1.00. The summed E-state index contributed by atoms with van der Waals surface area (Å²) in [7, 11) is 3.85. The molecule has 0 radical (unpaired) electrons. The van der Waals surface area contributed by atoms with Gasteiger partial charge in [-0.25, -0.2) is 0 Å². The maximum atomic E-state index is 4.15. The third-order valence-corrected chi connectivity index (χ3v) is 3.07. The van der Waals surface area contributed by atoms with Gasteiger partial charge >= 0.3 is 0 Å². The van der Waals surface area contributed by atoms with Gasteiger partial charge in [-0.3, -0.25) is 0 Å². The van der Waals surface area contributed by atoms with E-state index >= 15 is 0 Å². The highest BCUT2D eigenvalue weighted by Gasteiger charge is 2.17. The molecule has 0 aliphatic carbocycles. The van der Waals surface area contributed by atoms with Gasteiger partial charge in [0.25, 0.3) is 0 Å². The van der Waals surface area contributed by atoms with Crippen LogP contribution in [0.2, 0.25) is 0 Å². The molecule has 1 atom stereocenters. The summed E-state index contributed by atoms with van der Waals surface area (Å²) in [5, 5.41) is 0.781. The molecule has 0 spiro atoms. The predicted octanol–water partition coefficient (Wildman–Crippen LogP) is 1.27. The minimum atomic E-state index is 0.781. The van der Waals surface area contributed by atoms with Crippen molar-refractivity contribution in [2.75, 3.05) is 20.1 Å². The Bertz CT molecular complexity index is 76.8. The third-order valence-electron chi connectivity index (χ3n) is 1.50. The van der Waals surface area contributed by atoms with E-state index in [-0.39, 0.29) is 0 Å². The predicted molar refractivity (Wildman–Crippen MR) is 42.5 cm³/mol. The van der Waals surface area contributed by atoms with Crippen molar-refractivity contribution in [2.24, 2.45) is 0 Å². The molecule has 1 unspecified atom stereocenters. The lowest BCUT2D eigenvalue weighted by molar-refractivity contribution is 0.419. The Morgan fingerprint density at radius 2 is 2.50 bits per heavy atom. The molecule has 0 aromatic heterocycles. The number of rotatable bonds is 1. The van der Waals surface area contributed by atoms with Gasteiger partial charge in [-0.1, -0.05) is 10.8 Å². The van der Waals surface area contributed by atoms with Crippen LogP contribution in [0.1, 0.15) is 6.42 Å². The van der Waals surface area contributed by atoms with E-state index in [0.29, 0.717) is 0 Å². The molecule has 0 aromatic carbocycles. The van der Waals surface area contributed by atoms with Gasteiger partial charge in [-0.15, -0.1) is 11.7 Å². The molecule has 1 heterocycles. The van der Waals surface area contributed by atoms with Gasteiger partial charge in [0.05, 0.1) is 0 Å². The topological polar surface area (TPSA) is 3.24 Å². The van der Waals surface area contributed by atoms with Crippen molar-refractivity contribution in [3.63, 3.8) is 0 Å². The zero-order valence-corrected chi connectivity index (χ0v) is 6.71. The van der Waals surface area contributed by atoms with Crippen LogP contribution >= 0.6 is 22.5 Å². The smallest absolute Gasteiger partial charge is 0.0288 e. The van der Waals surface area contributed by atoms with Crippen molar-refractivity contribution >= 4 is 22.5 Å². The summed E-state index contributed by atoms with van der Waals surface area (Å²) < 4.78 is 0. The number of hydrogen-bond acceptors (Lipinski definition) is 3. The van der Waals surface area contributed by atoms with E-state index in [0.717, 1.165) is 5.25 Å². The van der Waals surface area contributed by atoms with E-state index in [1.165, 1.54) is 19.5 Å². The summed E-state index contributed by atoms with van der Waals surface area (Å²) in [5.41, 5.74) is 0. The molecule has 0 amide bonds. The highest BCUT2D eigenvalue weighted by atomic mass is 33.1. The molecule has 0 saturated carbocycles. The van der Waals surface area contributed by atoms with Crippen LogP contribution in [-0.2, 0) is 0 Å². The minimum absolute atomic E-state index is 0.781. The summed E-state index contributed by atoms with van der Waals surface area (Å²) in [6, 6.07) is 0. The van der Waals surface area contributed by atoms with Gasteiger partial charge < -0.3 is 4.90 Å². The van der Waals surface area contributed by atoms with Crippen molar-refractivity contribution in [1.29, 1.82) is 0 Å². The van der Waals surface area contributed by atoms with Crippen LogP contribution in [0.4, 0.5) is 0 Å². The van der Waals surface area contributed by atoms with Gasteiger partial charge in [0.1, 0.15) is 0 Å². The summed E-state index contributed by atoms with van der Waals surface area (Å²) in [6.45, 7) is 2.46. The lowest BCUT2D eigenvalue weighted by atomic mass is 10.4. The van der Waals surface area contributed by atoms with E-state index in [2.05, 4.69) is 23.6 Å². The van der Waals surface area contributed by atoms with Gasteiger partial charge in [-0.2, -0.15) is 0 Å². The van der Waals surface area contributed by atoms with E-state index in [1.807, 2.05) is 0 Å². The second-order valence-corrected chi connectivity index (χ2v) is 3.79. The summed E-state index contributed by atoms with van der Waals surface area (Å²) in [4.78, 5) is 2.34. The molecule has 0 aromatic rings. The molecule has 1 fully saturated rings. The van der Waals surface area contributed by atoms with Crippen LogP contribution in [0.15, 0.2) is 0 Å². The van der Waals surface area contributed by atoms with Gasteiger partial charge in [0, 0.05) is 11.8 Å². The number of nitrogens with zero attached hydrogens (tertiary/aromatic N) is 1. The van der Waals surface area contributed by atoms with E-state index in [4.69, 9.17) is 0 Å². The first-order valence-electron chi connectivity index (χ1n) is 2.81. The van der Waals surface area contributed by atoms with Gasteiger partial charge in [-0.05, 0) is 20.0 Å². The standard InChI is InChI=1S/C5H11NS2/c1-6-3-2-5(4-6)8-7/h5,7H,2-4H2,1H3. The fourth-order valence-electron chi connectivity index (χ4n) is 0.981. The molecule has 1 aliphatic heterocycles. The van der Waals surface area contributed by atoms with Crippen LogP contribution in [-0.4, -0.2) is 30.3 Å². The van der Waals surface area contributed by atoms with Crippen LogP contribution in [0.5, 0.6) is 0 Å². The SMILES string of the molecule is CN1CCC(SS)C1. The van der Waals surface area contributed by atoms with Crippen LogP contribution in [0.3, 0.4) is 0 Å². The minimum Gasteiger partial charge on any atom is -0.305 e. The summed E-state index contributed by atoms with van der Waals surface area (Å²) >= 11 is 4.15. The van der Waals surface area contributed by atoms with Crippen LogP contribution in [0, 0.1) is 0 Å². The maximum absolute atomic E-state index is 4.15. The Morgan fingerprint density at radius 3 is 2.75 bits per heavy atom. The Kier molecular flexibility index (Phi) is 2.53. The molecule has 1 aliphatic rings. The molecular formula is C5H11NS2. The molecule has 1 nitrogen and oxygen atoms in total. The molecule has 48 valence electrons. The first kappa shape index (κ1) is 6.78. The van der Waals surface area contributed by atoms with Crippen molar-refractivity contribution in [2.45, 2.75) is 11.7 Å². The number of likely N-dealkylation sites (tertiary alicyclic amines) is 1. The van der Waals surface area contributed by atoms with Crippen molar-refractivity contribution in [1.82, 2.24) is 4.90 Å². The lowest BCUT2D eigenvalue weighted by Gasteiger charge is -2.04. The largest absolute Gasteiger partial charge is 0.305 e. The first-order valence-corrected chi connectivity index (χ1v) is 4.75. The zero-order chi connectivity index (χ0) is 5.98. The van der Waals surface area contributed by atoms with Crippen molar-refractivity contribution in [3.05, 3.63) is 0 Å². The van der Waals surface area contributed by atoms with E-state index < -0.39 is 0 Å². The third kappa shape index (κ3) is 1.57. The van der Waals surface area contributed by atoms with Crippen LogP contribution in [0.25, 0.3) is 0 Å².